The van der Waals surface area contributed by atoms with Gasteiger partial charge >= 0.3 is 0 Å². The topological polar surface area (TPSA) is 55.1 Å². The molecule has 0 aliphatic heterocycles. The van der Waals surface area contributed by atoms with E-state index in [2.05, 4.69) is 17.2 Å². The molecule has 3 nitrogen and oxygen atoms in total. The van der Waals surface area contributed by atoms with Gasteiger partial charge in [0.15, 0.2) is 0 Å². The van der Waals surface area contributed by atoms with Crippen LogP contribution in [0.15, 0.2) is 18.2 Å². The van der Waals surface area contributed by atoms with Gasteiger partial charge < -0.3 is 11.1 Å². The van der Waals surface area contributed by atoms with Crippen LogP contribution in [0.2, 0.25) is 0 Å². The number of carbonyl (C=O) groups is 1. The Kier molecular flexibility index (Phi) is 4.98. The normalized spacial score (nSPS) is 16.7. The van der Waals surface area contributed by atoms with E-state index in [4.69, 9.17) is 5.73 Å². The Balaban J connectivity index is 2.10. The minimum absolute atomic E-state index is 0.0955. The zero-order valence-corrected chi connectivity index (χ0v) is 12.3. The van der Waals surface area contributed by atoms with Crippen LogP contribution >= 0.6 is 0 Å². The standard InChI is InChI=1S/C17H21FN2O/c1-17(9-3-2-4-10-17)16(21)20-15-8-7-13(6-5-11-19)12-14(15)18/h7-8,12H,2-4,9-11,19H2,1H3,(H,20,21). The maximum absolute atomic E-state index is 14.0. The van der Waals surface area contributed by atoms with Crippen LogP contribution < -0.4 is 11.1 Å². The maximum atomic E-state index is 14.0. The van der Waals surface area contributed by atoms with Crippen molar-refractivity contribution in [3.05, 3.63) is 29.6 Å². The predicted octanol–water partition coefficient (Wildman–Crippen LogP) is 3.04. The third-order valence-electron chi connectivity index (χ3n) is 4.06. The van der Waals surface area contributed by atoms with Gasteiger partial charge in [0.05, 0.1) is 12.2 Å². The van der Waals surface area contributed by atoms with Gasteiger partial charge in [0, 0.05) is 11.0 Å². The lowest BCUT2D eigenvalue weighted by Gasteiger charge is -2.32. The van der Waals surface area contributed by atoms with Gasteiger partial charge in [-0.15, -0.1) is 0 Å². The smallest absolute Gasteiger partial charge is 0.230 e. The molecule has 0 aromatic heterocycles. The lowest BCUT2D eigenvalue weighted by Crippen LogP contribution is -2.35. The van der Waals surface area contributed by atoms with Crippen molar-refractivity contribution in [1.29, 1.82) is 0 Å². The zero-order valence-electron chi connectivity index (χ0n) is 12.3. The molecule has 1 aromatic carbocycles. The highest BCUT2D eigenvalue weighted by Gasteiger charge is 2.34. The molecule has 0 spiro atoms. The summed E-state index contributed by atoms with van der Waals surface area (Å²) in [4.78, 5) is 12.4. The number of amides is 1. The van der Waals surface area contributed by atoms with Crippen molar-refractivity contribution in [2.45, 2.75) is 39.0 Å². The predicted molar refractivity (Wildman–Crippen MR) is 82.2 cm³/mol. The molecule has 0 atom stereocenters. The van der Waals surface area contributed by atoms with Gasteiger partial charge in [-0.1, -0.05) is 38.0 Å². The van der Waals surface area contributed by atoms with Crippen LogP contribution in [0.25, 0.3) is 0 Å². The van der Waals surface area contributed by atoms with E-state index in [1.54, 1.807) is 12.1 Å². The fourth-order valence-corrected chi connectivity index (χ4v) is 2.68. The van der Waals surface area contributed by atoms with Gasteiger partial charge in [0.2, 0.25) is 5.91 Å². The van der Waals surface area contributed by atoms with Crippen molar-refractivity contribution < 1.29 is 9.18 Å². The lowest BCUT2D eigenvalue weighted by atomic mass is 9.75. The quantitative estimate of drug-likeness (QED) is 0.822. The van der Waals surface area contributed by atoms with Gasteiger partial charge in [-0.25, -0.2) is 4.39 Å². The van der Waals surface area contributed by atoms with Crippen LogP contribution in [0.3, 0.4) is 0 Å². The fraction of sp³-hybridized carbons (Fsp3) is 0.471. The molecular formula is C17H21FN2O. The number of nitrogens with two attached hydrogens (primary N) is 1. The molecule has 1 aliphatic rings. The molecule has 1 amide bonds. The molecule has 1 fully saturated rings. The number of nitrogens with one attached hydrogen (secondary N) is 1. The molecule has 112 valence electrons. The molecule has 21 heavy (non-hydrogen) atoms. The highest BCUT2D eigenvalue weighted by Crippen LogP contribution is 2.36. The summed E-state index contributed by atoms with van der Waals surface area (Å²) in [5.74, 6) is 4.88. The zero-order chi connectivity index (χ0) is 15.3. The molecule has 0 saturated heterocycles. The molecular weight excluding hydrogens is 267 g/mol. The van der Waals surface area contributed by atoms with Crippen LogP contribution in [0.1, 0.15) is 44.6 Å². The van der Waals surface area contributed by atoms with Crippen molar-refractivity contribution in [3.8, 4) is 11.8 Å². The SMILES string of the molecule is CC1(C(=O)Nc2ccc(C#CCN)cc2F)CCCCC1. The summed E-state index contributed by atoms with van der Waals surface area (Å²) < 4.78 is 14.0. The Bertz CT molecular complexity index is 580. The number of rotatable bonds is 2. The third-order valence-corrected chi connectivity index (χ3v) is 4.06. The summed E-state index contributed by atoms with van der Waals surface area (Å²) in [7, 11) is 0. The number of halogens is 1. The second-order valence-corrected chi connectivity index (χ2v) is 5.78. The Hall–Kier alpha value is -1.86. The van der Waals surface area contributed by atoms with E-state index in [-0.39, 0.29) is 23.6 Å². The molecule has 4 heteroatoms. The van der Waals surface area contributed by atoms with Crippen molar-refractivity contribution in [3.63, 3.8) is 0 Å². The van der Waals surface area contributed by atoms with Gasteiger partial charge in [-0.05, 0) is 31.0 Å². The van der Waals surface area contributed by atoms with Gasteiger partial charge in [0.25, 0.3) is 0 Å². The van der Waals surface area contributed by atoms with Gasteiger partial charge in [-0.2, -0.15) is 0 Å². The van der Waals surface area contributed by atoms with Crippen LogP contribution in [0.4, 0.5) is 10.1 Å². The second kappa shape index (κ2) is 6.73. The van der Waals surface area contributed by atoms with E-state index in [1.807, 2.05) is 6.92 Å². The van der Waals surface area contributed by atoms with Crippen molar-refractivity contribution in [1.82, 2.24) is 0 Å². The highest BCUT2D eigenvalue weighted by atomic mass is 19.1. The minimum atomic E-state index is -0.466. The van der Waals surface area contributed by atoms with Crippen LogP contribution in [-0.4, -0.2) is 12.5 Å². The monoisotopic (exact) mass is 288 g/mol. The first kappa shape index (κ1) is 15.5. The van der Waals surface area contributed by atoms with E-state index >= 15 is 0 Å². The minimum Gasteiger partial charge on any atom is -0.323 e. The molecule has 0 radical (unpaired) electrons. The van der Waals surface area contributed by atoms with E-state index < -0.39 is 5.82 Å². The average Bonchev–Trinajstić information content (AvgIpc) is 2.48. The molecule has 3 N–H and O–H groups in total. The first-order valence-electron chi connectivity index (χ1n) is 7.35. The number of carbonyl (C=O) groups excluding carboxylic acids is 1. The Labute approximate surface area is 125 Å². The van der Waals surface area contributed by atoms with E-state index in [0.717, 1.165) is 25.7 Å². The second-order valence-electron chi connectivity index (χ2n) is 5.78. The van der Waals surface area contributed by atoms with E-state index in [0.29, 0.717) is 5.56 Å². The Morgan fingerprint density at radius 3 is 2.71 bits per heavy atom. The molecule has 0 bridgehead atoms. The van der Waals surface area contributed by atoms with Crippen molar-refractivity contribution >= 4 is 11.6 Å². The molecule has 1 aliphatic carbocycles. The Morgan fingerprint density at radius 1 is 1.38 bits per heavy atom. The van der Waals surface area contributed by atoms with Gasteiger partial charge in [0.1, 0.15) is 5.82 Å². The summed E-state index contributed by atoms with van der Waals surface area (Å²) in [6.07, 6.45) is 5.01. The molecule has 2 rings (SSSR count). The number of hydrogen-bond donors (Lipinski definition) is 2. The average molecular weight is 288 g/mol. The molecule has 0 heterocycles. The summed E-state index contributed by atoms with van der Waals surface area (Å²) in [6.45, 7) is 2.19. The highest BCUT2D eigenvalue weighted by molar-refractivity contribution is 5.95. The van der Waals surface area contributed by atoms with E-state index in [1.165, 1.54) is 12.5 Å². The van der Waals surface area contributed by atoms with Crippen molar-refractivity contribution in [2.24, 2.45) is 11.1 Å². The molecule has 1 saturated carbocycles. The van der Waals surface area contributed by atoms with Crippen LogP contribution in [0.5, 0.6) is 0 Å². The van der Waals surface area contributed by atoms with Crippen LogP contribution in [0, 0.1) is 23.1 Å². The largest absolute Gasteiger partial charge is 0.323 e. The van der Waals surface area contributed by atoms with E-state index in [9.17, 15) is 9.18 Å². The van der Waals surface area contributed by atoms with Crippen molar-refractivity contribution in [2.75, 3.05) is 11.9 Å². The lowest BCUT2D eigenvalue weighted by molar-refractivity contribution is -0.126. The first-order valence-corrected chi connectivity index (χ1v) is 7.35. The number of benzene rings is 1. The summed E-state index contributed by atoms with van der Waals surface area (Å²) in [5, 5.41) is 2.72. The fourth-order valence-electron chi connectivity index (χ4n) is 2.68. The number of hydrogen-bond acceptors (Lipinski definition) is 2. The summed E-state index contributed by atoms with van der Waals surface area (Å²) >= 11 is 0. The first-order chi connectivity index (χ1) is 10.0. The maximum Gasteiger partial charge on any atom is 0.230 e. The summed E-state index contributed by atoms with van der Waals surface area (Å²) in [6, 6.07) is 4.56. The molecule has 0 unspecified atom stereocenters. The number of anilines is 1. The molecule has 1 aromatic rings. The summed E-state index contributed by atoms with van der Waals surface area (Å²) in [5.41, 5.74) is 5.67. The van der Waals surface area contributed by atoms with Gasteiger partial charge in [-0.3, -0.25) is 4.79 Å². The third kappa shape index (κ3) is 3.83. The van der Waals surface area contributed by atoms with Crippen LogP contribution in [-0.2, 0) is 4.79 Å². The Morgan fingerprint density at radius 2 is 2.10 bits per heavy atom.